The van der Waals surface area contributed by atoms with Gasteiger partial charge < -0.3 is 5.11 Å². The summed E-state index contributed by atoms with van der Waals surface area (Å²) >= 11 is 0. The molecule has 5 nitrogen and oxygen atoms in total. The third-order valence-corrected chi connectivity index (χ3v) is 5.62. The highest BCUT2D eigenvalue weighted by Crippen LogP contribution is 2.26. The van der Waals surface area contributed by atoms with Gasteiger partial charge in [0, 0.05) is 16.5 Å². The Morgan fingerprint density at radius 1 is 0.909 bits per heavy atom. The number of hydrogen-bond donors (Lipinski definition) is 2. The fourth-order valence-corrected chi connectivity index (χ4v) is 3.87. The first-order chi connectivity index (χ1) is 16.1. The first-order valence-corrected chi connectivity index (χ1v) is 10.6. The summed E-state index contributed by atoms with van der Waals surface area (Å²) < 4.78 is 0. The average molecular weight is 431 g/mol. The number of para-hydroxylation sites is 1. The van der Waals surface area contributed by atoms with Gasteiger partial charge in [-0.2, -0.15) is 5.10 Å². The van der Waals surface area contributed by atoms with E-state index in [2.05, 4.69) is 10.5 Å². The number of benzene rings is 4. The van der Waals surface area contributed by atoms with Crippen LogP contribution in [-0.4, -0.2) is 22.2 Å². The molecule has 2 N–H and O–H groups in total. The van der Waals surface area contributed by atoms with E-state index in [0.29, 0.717) is 11.1 Å². The van der Waals surface area contributed by atoms with Crippen LogP contribution in [0.1, 0.15) is 21.5 Å². The summed E-state index contributed by atoms with van der Waals surface area (Å²) in [6.07, 6.45) is 1.47. The first-order valence-electron chi connectivity index (χ1n) is 10.6. The van der Waals surface area contributed by atoms with Crippen molar-refractivity contribution in [1.29, 1.82) is 0 Å². The Hall–Kier alpha value is -4.51. The zero-order chi connectivity index (χ0) is 22.8. The lowest BCUT2D eigenvalue weighted by atomic mass is 10.0. The van der Waals surface area contributed by atoms with Crippen LogP contribution in [-0.2, 0) is 0 Å². The van der Waals surface area contributed by atoms with Gasteiger partial charge in [0.15, 0.2) is 0 Å². The second-order valence-corrected chi connectivity index (χ2v) is 7.86. The molecule has 0 saturated carbocycles. The summed E-state index contributed by atoms with van der Waals surface area (Å²) in [5.41, 5.74) is 7.18. The number of aromatic hydroxyl groups is 1. The second-order valence-electron chi connectivity index (χ2n) is 7.86. The minimum absolute atomic E-state index is 0.0997. The third-order valence-electron chi connectivity index (χ3n) is 5.62. The van der Waals surface area contributed by atoms with Crippen LogP contribution in [0.4, 0.5) is 0 Å². The molecule has 0 saturated heterocycles. The van der Waals surface area contributed by atoms with Crippen molar-refractivity contribution in [2.24, 2.45) is 5.10 Å². The van der Waals surface area contributed by atoms with E-state index >= 15 is 0 Å². The molecule has 0 spiro atoms. The molecule has 4 aromatic carbocycles. The number of carbonyl (C=O) groups is 1. The number of hydrazone groups is 1. The van der Waals surface area contributed by atoms with Gasteiger partial charge in [-0.15, -0.1) is 0 Å². The van der Waals surface area contributed by atoms with Crippen LogP contribution in [0.15, 0.2) is 96.1 Å². The minimum atomic E-state index is -0.349. The molecule has 0 atom stereocenters. The SMILES string of the molecule is Cc1ccc(-c2cc(C(=O)N/N=C\c3c(O)ccc4ccccc34)c3ccccc3n2)cc1. The van der Waals surface area contributed by atoms with Crippen molar-refractivity contribution in [1.82, 2.24) is 10.4 Å². The van der Waals surface area contributed by atoms with Crippen molar-refractivity contribution in [3.8, 4) is 17.0 Å². The zero-order valence-corrected chi connectivity index (χ0v) is 18.0. The quantitative estimate of drug-likeness (QED) is 0.278. The Balaban J connectivity index is 1.50. The van der Waals surface area contributed by atoms with Gasteiger partial charge in [-0.3, -0.25) is 4.79 Å². The molecule has 1 heterocycles. The monoisotopic (exact) mass is 431 g/mol. The number of hydrogen-bond acceptors (Lipinski definition) is 4. The summed E-state index contributed by atoms with van der Waals surface area (Å²) in [7, 11) is 0. The van der Waals surface area contributed by atoms with Crippen LogP contribution >= 0.6 is 0 Å². The molecule has 1 aromatic heterocycles. The smallest absolute Gasteiger partial charge is 0.272 e. The average Bonchev–Trinajstić information content (AvgIpc) is 2.85. The van der Waals surface area contributed by atoms with E-state index in [9.17, 15) is 9.90 Å². The lowest BCUT2D eigenvalue weighted by molar-refractivity contribution is 0.0956. The Morgan fingerprint density at radius 3 is 2.45 bits per heavy atom. The highest BCUT2D eigenvalue weighted by Gasteiger charge is 2.14. The number of carbonyl (C=O) groups excluding carboxylic acids is 1. The largest absolute Gasteiger partial charge is 0.507 e. The fraction of sp³-hybridized carbons (Fsp3) is 0.0357. The van der Waals surface area contributed by atoms with Crippen molar-refractivity contribution >= 4 is 33.8 Å². The minimum Gasteiger partial charge on any atom is -0.507 e. The van der Waals surface area contributed by atoms with Gasteiger partial charge in [0.25, 0.3) is 5.91 Å². The van der Waals surface area contributed by atoms with E-state index in [1.165, 1.54) is 6.21 Å². The van der Waals surface area contributed by atoms with Crippen molar-refractivity contribution in [2.75, 3.05) is 0 Å². The molecule has 5 heteroatoms. The van der Waals surface area contributed by atoms with Crippen LogP contribution in [0.3, 0.4) is 0 Å². The summed E-state index contributed by atoms with van der Waals surface area (Å²) in [5, 5.41) is 17.0. The van der Waals surface area contributed by atoms with Gasteiger partial charge in [0.1, 0.15) is 5.75 Å². The number of amides is 1. The van der Waals surface area contributed by atoms with Crippen LogP contribution in [0.2, 0.25) is 0 Å². The summed E-state index contributed by atoms with van der Waals surface area (Å²) in [6, 6.07) is 28.5. The molecule has 33 heavy (non-hydrogen) atoms. The lowest BCUT2D eigenvalue weighted by Crippen LogP contribution is -2.18. The number of phenolic OH excluding ortho intramolecular Hbond substituents is 1. The van der Waals surface area contributed by atoms with E-state index in [4.69, 9.17) is 4.98 Å². The molecule has 1 amide bonds. The van der Waals surface area contributed by atoms with Crippen molar-refractivity contribution in [2.45, 2.75) is 6.92 Å². The molecule has 0 aliphatic heterocycles. The molecule has 5 rings (SSSR count). The highest BCUT2D eigenvalue weighted by molar-refractivity contribution is 6.08. The lowest BCUT2D eigenvalue weighted by Gasteiger charge is -2.09. The Kier molecular flexibility index (Phi) is 5.29. The maximum absolute atomic E-state index is 13.1. The van der Waals surface area contributed by atoms with Crippen molar-refractivity contribution in [3.63, 3.8) is 0 Å². The van der Waals surface area contributed by atoms with E-state index in [1.807, 2.05) is 85.8 Å². The zero-order valence-electron chi connectivity index (χ0n) is 18.0. The van der Waals surface area contributed by atoms with Crippen LogP contribution in [0.25, 0.3) is 32.9 Å². The molecular weight excluding hydrogens is 410 g/mol. The number of rotatable bonds is 4. The normalized spacial score (nSPS) is 11.3. The fourth-order valence-electron chi connectivity index (χ4n) is 3.87. The molecule has 5 aromatic rings. The number of aryl methyl sites for hydroxylation is 1. The van der Waals surface area contributed by atoms with Gasteiger partial charge in [-0.25, -0.2) is 10.4 Å². The molecule has 160 valence electrons. The summed E-state index contributed by atoms with van der Waals surface area (Å²) in [6.45, 7) is 2.03. The van der Waals surface area contributed by atoms with Gasteiger partial charge in [-0.1, -0.05) is 78.4 Å². The molecule has 0 aliphatic rings. The predicted molar refractivity (Wildman–Crippen MR) is 133 cm³/mol. The molecule has 0 radical (unpaired) electrons. The Labute approximate surface area is 191 Å². The van der Waals surface area contributed by atoms with Crippen molar-refractivity contribution in [3.05, 3.63) is 108 Å². The van der Waals surface area contributed by atoms with E-state index in [1.54, 1.807) is 12.1 Å². The molecule has 0 unspecified atom stereocenters. The number of fused-ring (bicyclic) bond motifs is 2. The molecule has 0 bridgehead atoms. The topological polar surface area (TPSA) is 74.6 Å². The predicted octanol–water partition coefficient (Wildman–Crippen LogP) is 5.83. The van der Waals surface area contributed by atoms with E-state index < -0.39 is 0 Å². The van der Waals surface area contributed by atoms with E-state index in [0.717, 1.165) is 38.5 Å². The van der Waals surface area contributed by atoms with Crippen LogP contribution < -0.4 is 5.43 Å². The van der Waals surface area contributed by atoms with Crippen LogP contribution in [0, 0.1) is 6.92 Å². The third kappa shape index (κ3) is 4.04. The number of nitrogens with zero attached hydrogens (tertiary/aromatic N) is 2. The highest BCUT2D eigenvalue weighted by atomic mass is 16.3. The molecule has 0 aliphatic carbocycles. The van der Waals surface area contributed by atoms with Gasteiger partial charge >= 0.3 is 0 Å². The number of phenols is 1. The number of nitrogens with one attached hydrogen (secondary N) is 1. The Morgan fingerprint density at radius 2 is 1.64 bits per heavy atom. The van der Waals surface area contributed by atoms with Gasteiger partial charge in [0.2, 0.25) is 0 Å². The van der Waals surface area contributed by atoms with Crippen LogP contribution in [0.5, 0.6) is 5.75 Å². The first kappa shape index (κ1) is 20.4. The second kappa shape index (κ2) is 8.55. The standard InChI is InChI=1S/C28H21N3O2/c1-18-10-12-20(13-11-18)26-16-23(22-8-4-5-9-25(22)30-26)28(33)31-29-17-24-21-7-3-2-6-19(21)14-15-27(24)32/h2-17,32H,1H3,(H,31,33)/b29-17-. The molecule has 0 fully saturated rings. The summed E-state index contributed by atoms with van der Waals surface area (Å²) in [4.78, 5) is 17.9. The molecular formula is C28H21N3O2. The van der Waals surface area contributed by atoms with Crippen molar-refractivity contribution < 1.29 is 9.90 Å². The number of pyridine rings is 1. The number of aromatic nitrogens is 1. The van der Waals surface area contributed by atoms with Gasteiger partial charge in [-0.05, 0) is 35.9 Å². The van der Waals surface area contributed by atoms with Gasteiger partial charge in [0.05, 0.1) is 23.0 Å². The van der Waals surface area contributed by atoms with E-state index in [-0.39, 0.29) is 11.7 Å². The Bertz CT molecular complexity index is 1520. The summed E-state index contributed by atoms with van der Waals surface area (Å²) in [5.74, 6) is -0.249. The maximum atomic E-state index is 13.1. The maximum Gasteiger partial charge on any atom is 0.272 e.